The highest BCUT2D eigenvalue weighted by Gasteiger charge is 2.33. The molecule has 2 N–H and O–H groups in total. The van der Waals surface area contributed by atoms with Crippen LogP contribution in [0.25, 0.3) is 0 Å². The first-order valence-corrected chi connectivity index (χ1v) is 4.19. The summed E-state index contributed by atoms with van der Waals surface area (Å²) in [6.07, 6.45) is -5.11. The molecule has 0 unspecified atom stereocenters. The Hall–Kier alpha value is -2.48. The number of nitriles is 2. The summed E-state index contributed by atoms with van der Waals surface area (Å²) in [7, 11) is 0. The Morgan fingerprint density at radius 1 is 1.41 bits per heavy atom. The summed E-state index contributed by atoms with van der Waals surface area (Å²) in [5.41, 5.74) is 4.73. The first kappa shape index (κ1) is 12.6. The van der Waals surface area contributed by atoms with Gasteiger partial charge in [0.1, 0.15) is 11.8 Å². The summed E-state index contributed by atoms with van der Waals surface area (Å²) >= 11 is 0. The Kier molecular flexibility index (Phi) is 3.39. The van der Waals surface area contributed by atoms with Crippen molar-refractivity contribution in [3.05, 3.63) is 17.3 Å². The van der Waals surface area contributed by atoms with E-state index in [2.05, 4.69) is 9.72 Å². The van der Waals surface area contributed by atoms with Crippen molar-refractivity contribution in [1.29, 1.82) is 10.5 Å². The quantitative estimate of drug-likeness (QED) is 0.847. The Morgan fingerprint density at radius 2 is 2.06 bits per heavy atom. The molecule has 1 aromatic rings. The number of halogens is 3. The zero-order valence-electron chi connectivity index (χ0n) is 8.25. The molecule has 0 aliphatic carbocycles. The number of nitrogens with zero attached hydrogens (tertiary/aromatic N) is 3. The molecule has 1 aromatic heterocycles. The lowest BCUT2D eigenvalue weighted by Crippen LogP contribution is -2.19. The van der Waals surface area contributed by atoms with Gasteiger partial charge in [-0.1, -0.05) is 0 Å². The molecule has 17 heavy (non-hydrogen) atoms. The van der Waals surface area contributed by atoms with Crippen molar-refractivity contribution in [2.24, 2.45) is 0 Å². The fourth-order valence-electron chi connectivity index (χ4n) is 1.06. The van der Waals surface area contributed by atoms with E-state index in [0.717, 1.165) is 6.07 Å². The minimum absolute atomic E-state index is 0.155. The summed E-state index contributed by atoms with van der Waals surface area (Å²) in [6, 6.07) is 4.38. The highest BCUT2D eigenvalue weighted by atomic mass is 19.4. The van der Waals surface area contributed by atoms with Gasteiger partial charge in [-0.25, -0.2) is 4.98 Å². The molecule has 5 nitrogen and oxygen atoms in total. The van der Waals surface area contributed by atoms with Crippen molar-refractivity contribution in [3.63, 3.8) is 0 Å². The van der Waals surface area contributed by atoms with Crippen LogP contribution in [-0.4, -0.2) is 11.3 Å². The molecule has 0 amide bonds. The largest absolute Gasteiger partial charge is 0.574 e. The predicted octanol–water partition coefficient (Wildman–Crippen LogP) is 1.50. The van der Waals surface area contributed by atoms with Crippen LogP contribution in [0.2, 0.25) is 0 Å². The highest BCUT2D eigenvalue weighted by Crippen LogP contribution is 2.28. The van der Waals surface area contributed by atoms with Crippen molar-refractivity contribution in [2.45, 2.75) is 12.8 Å². The summed E-state index contributed by atoms with van der Waals surface area (Å²) in [4.78, 5) is 3.32. The Labute approximate surface area is 93.8 Å². The average Bonchev–Trinajstić information content (AvgIpc) is 2.20. The standard InChI is InChI=1S/C9H5F3N4O/c10-9(11,12)17-8-6(15)3-5(1-2-13)7(4-14)16-8/h3H,1,15H2. The van der Waals surface area contributed by atoms with Gasteiger partial charge in [0.2, 0.25) is 5.88 Å². The predicted molar refractivity (Wildman–Crippen MR) is 49.4 cm³/mol. The number of ether oxygens (including phenoxy) is 1. The monoisotopic (exact) mass is 242 g/mol. The fraction of sp³-hybridized carbons (Fsp3) is 0.222. The van der Waals surface area contributed by atoms with Gasteiger partial charge in [-0.3, -0.25) is 0 Å². The molecule has 0 atom stereocenters. The van der Waals surface area contributed by atoms with Crippen LogP contribution in [-0.2, 0) is 6.42 Å². The molecule has 1 rings (SSSR count). The van der Waals surface area contributed by atoms with Crippen LogP contribution in [0.1, 0.15) is 11.3 Å². The van der Waals surface area contributed by atoms with E-state index < -0.39 is 12.2 Å². The van der Waals surface area contributed by atoms with Crippen LogP contribution in [0.15, 0.2) is 6.07 Å². The zero-order valence-corrected chi connectivity index (χ0v) is 8.25. The lowest BCUT2D eigenvalue weighted by atomic mass is 10.1. The van der Waals surface area contributed by atoms with Gasteiger partial charge in [0.25, 0.3) is 0 Å². The number of hydrogen-bond acceptors (Lipinski definition) is 5. The molecule has 8 heteroatoms. The topological polar surface area (TPSA) is 95.7 Å². The Bertz CT molecular complexity index is 513. The molecule has 0 bridgehead atoms. The third-order valence-corrected chi connectivity index (χ3v) is 1.68. The second-order valence-electron chi connectivity index (χ2n) is 2.88. The average molecular weight is 242 g/mol. The van der Waals surface area contributed by atoms with E-state index in [9.17, 15) is 13.2 Å². The molecule has 0 fully saturated rings. The first-order valence-electron chi connectivity index (χ1n) is 4.19. The second kappa shape index (κ2) is 4.58. The van der Waals surface area contributed by atoms with E-state index in [-0.39, 0.29) is 23.4 Å². The van der Waals surface area contributed by atoms with Crippen molar-refractivity contribution in [2.75, 3.05) is 5.73 Å². The van der Waals surface area contributed by atoms with E-state index >= 15 is 0 Å². The number of aromatic nitrogens is 1. The van der Waals surface area contributed by atoms with Crippen molar-refractivity contribution >= 4 is 5.69 Å². The number of hydrogen-bond donors (Lipinski definition) is 1. The Morgan fingerprint density at radius 3 is 2.53 bits per heavy atom. The third kappa shape index (κ3) is 3.24. The minimum atomic E-state index is -4.94. The van der Waals surface area contributed by atoms with Crippen molar-refractivity contribution in [3.8, 4) is 18.0 Å². The number of nitrogen functional groups attached to an aromatic ring is 1. The zero-order chi connectivity index (χ0) is 13.1. The molecule has 1 heterocycles. The number of anilines is 1. The number of nitrogens with two attached hydrogens (primary N) is 1. The Balaban J connectivity index is 3.20. The molecule has 0 radical (unpaired) electrons. The van der Waals surface area contributed by atoms with Gasteiger partial charge in [-0.2, -0.15) is 10.5 Å². The molecule has 0 saturated heterocycles. The third-order valence-electron chi connectivity index (χ3n) is 1.68. The van der Waals surface area contributed by atoms with Gasteiger partial charge in [0.15, 0.2) is 0 Å². The van der Waals surface area contributed by atoms with Crippen molar-refractivity contribution in [1.82, 2.24) is 4.98 Å². The van der Waals surface area contributed by atoms with Crippen LogP contribution < -0.4 is 10.5 Å². The summed E-state index contributed by atoms with van der Waals surface area (Å²) in [6.45, 7) is 0. The number of alkyl halides is 3. The maximum absolute atomic E-state index is 12.0. The van der Waals surface area contributed by atoms with E-state index in [1.807, 2.05) is 0 Å². The van der Waals surface area contributed by atoms with E-state index in [4.69, 9.17) is 16.3 Å². The summed E-state index contributed by atoms with van der Waals surface area (Å²) < 4.78 is 39.4. The summed E-state index contributed by atoms with van der Waals surface area (Å²) in [5, 5.41) is 17.1. The molecule has 0 spiro atoms. The minimum Gasteiger partial charge on any atom is -0.394 e. The maximum Gasteiger partial charge on any atom is 0.574 e. The van der Waals surface area contributed by atoms with Crippen LogP contribution in [0.5, 0.6) is 5.88 Å². The lowest BCUT2D eigenvalue weighted by molar-refractivity contribution is -0.275. The van der Waals surface area contributed by atoms with Gasteiger partial charge >= 0.3 is 6.36 Å². The van der Waals surface area contributed by atoms with Crippen LogP contribution in [0.4, 0.5) is 18.9 Å². The smallest absolute Gasteiger partial charge is 0.394 e. The molecule has 0 aliphatic rings. The molecule has 0 aliphatic heterocycles. The fourth-order valence-corrected chi connectivity index (χ4v) is 1.06. The van der Waals surface area contributed by atoms with Gasteiger partial charge in [0, 0.05) is 5.56 Å². The molecule has 88 valence electrons. The summed E-state index contributed by atoms with van der Waals surface area (Å²) in [5.74, 6) is -0.893. The SMILES string of the molecule is N#CCc1cc(N)c(OC(F)(F)F)nc1C#N. The van der Waals surface area contributed by atoms with Crippen LogP contribution in [0.3, 0.4) is 0 Å². The normalized spacial score (nSPS) is 10.4. The molecular formula is C9H5F3N4O. The second-order valence-corrected chi connectivity index (χ2v) is 2.88. The highest BCUT2D eigenvalue weighted by molar-refractivity contribution is 5.54. The number of pyridine rings is 1. The lowest BCUT2D eigenvalue weighted by Gasteiger charge is -2.11. The molecule has 0 aromatic carbocycles. The number of rotatable bonds is 2. The van der Waals surface area contributed by atoms with Gasteiger partial charge in [-0.15, -0.1) is 13.2 Å². The van der Waals surface area contributed by atoms with E-state index in [1.165, 1.54) is 0 Å². The van der Waals surface area contributed by atoms with Gasteiger partial charge in [0.05, 0.1) is 18.2 Å². The van der Waals surface area contributed by atoms with Crippen LogP contribution in [0, 0.1) is 22.7 Å². The van der Waals surface area contributed by atoms with Gasteiger partial charge in [-0.05, 0) is 6.07 Å². The maximum atomic E-state index is 12.0. The molecule has 0 saturated carbocycles. The van der Waals surface area contributed by atoms with Crippen molar-refractivity contribution < 1.29 is 17.9 Å². The van der Waals surface area contributed by atoms with Gasteiger partial charge < -0.3 is 10.5 Å². The van der Waals surface area contributed by atoms with E-state index in [0.29, 0.717) is 0 Å². The first-order chi connectivity index (χ1) is 7.87. The van der Waals surface area contributed by atoms with E-state index in [1.54, 1.807) is 12.1 Å². The van der Waals surface area contributed by atoms with Crippen LogP contribution >= 0.6 is 0 Å². The molecular weight excluding hydrogens is 237 g/mol.